The van der Waals surface area contributed by atoms with Crippen molar-refractivity contribution in [2.75, 3.05) is 25.7 Å². The van der Waals surface area contributed by atoms with Gasteiger partial charge in [0, 0.05) is 0 Å². The smallest absolute Gasteiger partial charge is 0.355 e. The number of nitriles is 1. The molecule has 2 aromatic carbocycles. The minimum Gasteiger partial charge on any atom is -0.488 e. The molecular formula is C27H28FN3O5. The molecule has 0 aromatic heterocycles. The molecule has 0 radical (unpaired) electrons. The van der Waals surface area contributed by atoms with Gasteiger partial charge in [-0.05, 0) is 23.1 Å². The number of carbonyl (C=O) groups excluding carboxylic acids is 2. The largest absolute Gasteiger partial charge is 0.488 e. The van der Waals surface area contributed by atoms with E-state index in [0.29, 0.717) is 5.56 Å². The van der Waals surface area contributed by atoms with Gasteiger partial charge in [0.1, 0.15) is 11.5 Å². The highest BCUT2D eigenvalue weighted by Crippen LogP contribution is 2.45. The Balaban J connectivity index is 2.40. The van der Waals surface area contributed by atoms with Crippen LogP contribution in [-0.4, -0.2) is 32.8 Å². The van der Waals surface area contributed by atoms with E-state index in [9.17, 15) is 14.9 Å². The van der Waals surface area contributed by atoms with E-state index in [0.717, 1.165) is 19.1 Å². The van der Waals surface area contributed by atoms with Gasteiger partial charge in [-0.3, -0.25) is 4.90 Å². The molecule has 0 saturated carbocycles. The zero-order chi connectivity index (χ0) is 26.6. The molecule has 0 aliphatic carbocycles. The summed E-state index contributed by atoms with van der Waals surface area (Å²) >= 11 is 0. The van der Waals surface area contributed by atoms with Crippen LogP contribution in [0.2, 0.25) is 0 Å². The van der Waals surface area contributed by atoms with Gasteiger partial charge in [-0.2, -0.15) is 5.26 Å². The SMILES string of the molecule is COC(=O)C1=C(C(=O)OC)N(c2cccc(F)c2OCC(C)(C)C)C(N)=C(C#N)C1c1ccccc1. The number of esters is 2. The second kappa shape index (κ2) is 10.5. The number of nitrogens with two attached hydrogens (primary N) is 1. The summed E-state index contributed by atoms with van der Waals surface area (Å²) in [4.78, 5) is 27.5. The third kappa shape index (κ3) is 5.03. The number of carbonyl (C=O) groups is 2. The normalized spacial score (nSPS) is 15.9. The number of hydrogen-bond donors (Lipinski definition) is 1. The second-order valence-electron chi connectivity index (χ2n) is 9.27. The average Bonchev–Trinajstić information content (AvgIpc) is 2.86. The molecule has 0 fully saturated rings. The van der Waals surface area contributed by atoms with Crippen LogP contribution in [-0.2, 0) is 19.1 Å². The lowest BCUT2D eigenvalue weighted by Crippen LogP contribution is -2.41. The number of hydrogen-bond acceptors (Lipinski definition) is 8. The highest BCUT2D eigenvalue weighted by molar-refractivity contribution is 6.06. The zero-order valence-corrected chi connectivity index (χ0v) is 20.8. The van der Waals surface area contributed by atoms with Gasteiger partial charge in [0.25, 0.3) is 0 Å². The Kier molecular flexibility index (Phi) is 7.68. The van der Waals surface area contributed by atoms with Gasteiger partial charge >= 0.3 is 11.9 Å². The molecule has 1 heterocycles. The van der Waals surface area contributed by atoms with Crippen LogP contribution in [0.4, 0.5) is 10.1 Å². The summed E-state index contributed by atoms with van der Waals surface area (Å²) in [6, 6.07) is 14.8. The van der Waals surface area contributed by atoms with Crippen LogP contribution in [0.3, 0.4) is 0 Å². The van der Waals surface area contributed by atoms with E-state index in [2.05, 4.69) is 6.07 Å². The minimum absolute atomic E-state index is 0.0258. The van der Waals surface area contributed by atoms with Crippen molar-refractivity contribution in [3.63, 3.8) is 0 Å². The molecule has 0 saturated heterocycles. The average molecular weight is 494 g/mol. The van der Waals surface area contributed by atoms with Crippen LogP contribution >= 0.6 is 0 Å². The first-order chi connectivity index (χ1) is 17.1. The Morgan fingerprint density at radius 1 is 1.06 bits per heavy atom. The number of allylic oxidation sites excluding steroid dienone is 1. The highest BCUT2D eigenvalue weighted by Gasteiger charge is 2.44. The Hall–Kier alpha value is -4.32. The van der Waals surface area contributed by atoms with E-state index in [1.54, 1.807) is 30.3 Å². The number of anilines is 1. The summed E-state index contributed by atoms with van der Waals surface area (Å²) in [5, 5.41) is 10.1. The maximum absolute atomic E-state index is 15.1. The first kappa shape index (κ1) is 26.3. The second-order valence-corrected chi connectivity index (χ2v) is 9.27. The molecule has 188 valence electrons. The van der Waals surface area contributed by atoms with Crippen molar-refractivity contribution in [3.8, 4) is 11.8 Å². The molecule has 1 atom stereocenters. The summed E-state index contributed by atoms with van der Waals surface area (Å²) in [6.45, 7) is 5.87. The molecule has 2 aromatic rings. The summed E-state index contributed by atoms with van der Waals surface area (Å²) < 4.78 is 30.9. The van der Waals surface area contributed by atoms with Gasteiger partial charge in [-0.15, -0.1) is 0 Å². The van der Waals surface area contributed by atoms with E-state index in [-0.39, 0.29) is 46.1 Å². The summed E-state index contributed by atoms with van der Waals surface area (Å²) in [5.74, 6) is -3.91. The molecule has 3 rings (SSSR count). The van der Waals surface area contributed by atoms with Gasteiger partial charge in [-0.25, -0.2) is 14.0 Å². The first-order valence-electron chi connectivity index (χ1n) is 11.1. The molecule has 0 spiro atoms. The van der Waals surface area contributed by atoms with Gasteiger partial charge in [-0.1, -0.05) is 57.2 Å². The number of nitrogens with zero attached hydrogens (tertiary/aromatic N) is 2. The van der Waals surface area contributed by atoms with Crippen LogP contribution < -0.4 is 15.4 Å². The first-order valence-corrected chi connectivity index (χ1v) is 11.1. The van der Waals surface area contributed by atoms with Crippen molar-refractivity contribution in [1.29, 1.82) is 5.26 Å². The van der Waals surface area contributed by atoms with E-state index in [4.69, 9.17) is 19.9 Å². The summed E-state index contributed by atoms with van der Waals surface area (Å²) in [5.41, 5.74) is 6.22. The van der Waals surface area contributed by atoms with Crippen LogP contribution in [0.15, 0.2) is 71.2 Å². The van der Waals surface area contributed by atoms with E-state index >= 15 is 4.39 Å². The predicted molar refractivity (Wildman–Crippen MR) is 131 cm³/mol. The Morgan fingerprint density at radius 2 is 1.69 bits per heavy atom. The maximum atomic E-state index is 15.1. The lowest BCUT2D eigenvalue weighted by atomic mass is 9.81. The quantitative estimate of drug-likeness (QED) is 0.597. The number of ether oxygens (including phenoxy) is 3. The van der Waals surface area contributed by atoms with Gasteiger partial charge in [0.2, 0.25) is 0 Å². The molecule has 2 N–H and O–H groups in total. The molecular weight excluding hydrogens is 465 g/mol. The topological polar surface area (TPSA) is 115 Å². The number of rotatable bonds is 6. The van der Waals surface area contributed by atoms with Gasteiger partial charge in [0.05, 0.1) is 49.6 Å². The highest BCUT2D eigenvalue weighted by atomic mass is 19.1. The standard InChI is InChI=1S/C27H28FN3O5/c1-27(2,3)15-36-23-18(28)12-9-13-19(23)31-22(26(33)35-5)21(25(32)34-4)20(17(14-29)24(31)30)16-10-7-6-8-11-16/h6-13,20H,15,30H2,1-5H3. The zero-order valence-electron chi connectivity index (χ0n) is 20.8. The van der Waals surface area contributed by atoms with E-state index < -0.39 is 23.7 Å². The molecule has 1 unspecified atom stereocenters. The van der Waals surface area contributed by atoms with Crippen molar-refractivity contribution < 1.29 is 28.2 Å². The van der Waals surface area contributed by atoms with Crippen molar-refractivity contribution in [2.24, 2.45) is 11.1 Å². The fraction of sp³-hybridized carbons (Fsp3) is 0.296. The fourth-order valence-electron chi connectivity index (χ4n) is 3.87. The molecule has 1 aliphatic rings. The molecule has 0 amide bonds. The van der Waals surface area contributed by atoms with Crippen molar-refractivity contribution in [3.05, 3.63) is 82.6 Å². The monoisotopic (exact) mass is 493 g/mol. The van der Waals surface area contributed by atoms with Crippen molar-refractivity contribution in [1.82, 2.24) is 0 Å². The molecule has 36 heavy (non-hydrogen) atoms. The summed E-state index contributed by atoms with van der Waals surface area (Å²) in [7, 11) is 2.30. The van der Waals surface area contributed by atoms with Crippen LogP contribution in [0, 0.1) is 22.6 Å². The van der Waals surface area contributed by atoms with Crippen molar-refractivity contribution in [2.45, 2.75) is 26.7 Å². The van der Waals surface area contributed by atoms with Gasteiger partial charge in [0.15, 0.2) is 11.6 Å². The summed E-state index contributed by atoms with van der Waals surface area (Å²) in [6.07, 6.45) is 0. The van der Waals surface area contributed by atoms with Crippen LogP contribution in [0.1, 0.15) is 32.3 Å². The van der Waals surface area contributed by atoms with Crippen LogP contribution in [0.25, 0.3) is 0 Å². The van der Waals surface area contributed by atoms with Gasteiger partial charge < -0.3 is 19.9 Å². The molecule has 9 heteroatoms. The fourth-order valence-corrected chi connectivity index (χ4v) is 3.87. The number of methoxy groups -OCH3 is 2. The third-order valence-electron chi connectivity index (χ3n) is 5.45. The Labute approximate surface area is 209 Å². The lowest BCUT2D eigenvalue weighted by Gasteiger charge is -2.36. The van der Waals surface area contributed by atoms with E-state index in [1.807, 2.05) is 20.8 Å². The Bertz CT molecular complexity index is 1270. The Morgan fingerprint density at radius 3 is 2.25 bits per heavy atom. The number of halogens is 1. The third-order valence-corrected chi connectivity index (χ3v) is 5.45. The maximum Gasteiger partial charge on any atom is 0.355 e. The predicted octanol–water partition coefficient (Wildman–Crippen LogP) is 4.15. The molecule has 1 aliphatic heterocycles. The molecule has 0 bridgehead atoms. The van der Waals surface area contributed by atoms with Crippen LogP contribution in [0.5, 0.6) is 5.75 Å². The van der Waals surface area contributed by atoms with E-state index in [1.165, 1.54) is 18.2 Å². The lowest BCUT2D eigenvalue weighted by molar-refractivity contribution is -0.139. The molecule has 8 nitrogen and oxygen atoms in total. The van der Waals surface area contributed by atoms with Crippen molar-refractivity contribution >= 4 is 17.6 Å². The number of benzene rings is 2. The number of para-hydroxylation sites is 1. The minimum atomic E-state index is -1.03.